The first-order chi connectivity index (χ1) is 13.1. The molecule has 0 N–H and O–H groups in total. The van der Waals surface area contributed by atoms with Crippen molar-refractivity contribution in [3.63, 3.8) is 0 Å². The number of anilines is 1. The first-order valence-corrected chi connectivity index (χ1v) is 10.5. The fourth-order valence-corrected chi connectivity index (χ4v) is 4.94. The van der Waals surface area contributed by atoms with Gasteiger partial charge in [0.15, 0.2) is 0 Å². The van der Waals surface area contributed by atoms with Crippen molar-refractivity contribution < 1.29 is 13.9 Å². The topological polar surface area (TPSA) is 32.8 Å². The van der Waals surface area contributed by atoms with Crippen LogP contribution in [0.3, 0.4) is 0 Å². The predicted molar refractivity (Wildman–Crippen MR) is 113 cm³/mol. The van der Waals surface area contributed by atoms with Gasteiger partial charge in [0.05, 0.1) is 12.2 Å². The van der Waals surface area contributed by atoms with Crippen LogP contribution in [0.15, 0.2) is 36.4 Å². The standard InChI is InChI=1S/C21H25FN2O2S.ClH/c1-2-18-6-7-19(27-18)13-24(17-5-3-4-16(22)12-17)21(25)26-20-14-23-10-8-15(20)9-11-23;/h3-7,12,15,20H,2,8-11,13-14H2,1H3;1H/t20-;/m0./s1. The summed E-state index contributed by atoms with van der Waals surface area (Å²) in [4.78, 5) is 19.3. The molecular formula is C21H26ClFN2O2S. The van der Waals surface area contributed by atoms with E-state index in [9.17, 15) is 9.18 Å². The van der Waals surface area contributed by atoms with Crippen LogP contribution in [0.5, 0.6) is 0 Å². The maximum Gasteiger partial charge on any atom is 0.414 e. The molecule has 0 spiro atoms. The predicted octanol–water partition coefficient (Wildman–Crippen LogP) is 5.11. The van der Waals surface area contributed by atoms with Crippen LogP contribution in [0.4, 0.5) is 14.9 Å². The smallest absolute Gasteiger partial charge is 0.414 e. The third kappa shape index (κ3) is 4.67. The van der Waals surface area contributed by atoms with E-state index >= 15 is 0 Å². The molecule has 2 bridgehead atoms. The summed E-state index contributed by atoms with van der Waals surface area (Å²) in [5.41, 5.74) is 0.535. The molecule has 28 heavy (non-hydrogen) atoms. The molecule has 4 nitrogen and oxygen atoms in total. The third-order valence-corrected chi connectivity index (χ3v) is 6.78. The summed E-state index contributed by atoms with van der Waals surface area (Å²) >= 11 is 1.68. The number of fused-ring (bicyclic) bond motifs is 3. The van der Waals surface area contributed by atoms with Gasteiger partial charge in [-0.2, -0.15) is 0 Å². The van der Waals surface area contributed by atoms with Crippen LogP contribution in [-0.4, -0.2) is 36.7 Å². The Kier molecular flexibility index (Phi) is 6.96. The Morgan fingerprint density at radius 3 is 2.61 bits per heavy atom. The van der Waals surface area contributed by atoms with Crippen molar-refractivity contribution in [3.8, 4) is 0 Å². The van der Waals surface area contributed by atoms with Gasteiger partial charge in [-0.1, -0.05) is 13.0 Å². The molecule has 1 aromatic heterocycles. The average molecular weight is 425 g/mol. The zero-order chi connectivity index (χ0) is 18.8. The van der Waals surface area contributed by atoms with E-state index in [4.69, 9.17) is 4.74 Å². The molecule has 2 aromatic rings. The molecule has 1 amide bonds. The molecule has 5 rings (SSSR count). The summed E-state index contributed by atoms with van der Waals surface area (Å²) in [7, 11) is 0. The van der Waals surface area contributed by atoms with Gasteiger partial charge in [-0.05, 0) is 68.6 Å². The number of benzene rings is 1. The van der Waals surface area contributed by atoms with E-state index in [1.54, 1.807) is 28.4 Å². The number of aryl methyl sites for hydroxylation is 1. The largest absolute Gasteiger partial charge is 0.444 e. The zero-order valence-corrected chi connectivity index (χ0v) is 17.6. The highest BCUT2D eigenvalue weighted by atomic mass is 35.5. The van der Waals surface area contributed by atoms with Crippen molar-refractivity contribution in [2.45, 2.75) is 38.8 Å². The van der Waals surface area contributed by atoms with Crippen LogP contribution in [0.2, 0.25) is 0 Å². The van der Waals surface area contributed by atoms with Gasteiger partial charge in [0, 0.05) is 16.3 Å². The van der Waals surface area contributed by atoms with E-state index in [2.05, 4.69) is 17.9 Å². The average Bonchev–Trinajstić information content (AvgIpc) is 3.15. The number of nitrogens with zero attached hydrogens (tertiary/aromatic N) is 2. The number of carbonyl (C=O) groups excluding carboxylic acids is 1. The molecule has 1 aromatic carbocycles. The molecule has 0 saturated carbocycles. The molecule has 7 heteroatoms. The van der Waals surface area contributed by atoms with Crippen LogP contribution in [-0.2, 0) is 17.7 Å². The van der Waals surface area contributed by atoms with E-state index in [0.29, 0.717) is 18.2 Å². The van der Waals surface area contributed by atoms with Crippen LogP contribution >= 0.6 is 23.7 Å². The second-order valence-electron chi connectivity index (χ2n) is 7.35. The summed E-state index contributed by atoms with van der Waals surface area (Å²) in [5.74, 6) is 0.0929. The van der Waals surface area contributed by atoms with Gasteiger partial charge < -0.3 is 4.74 Å². The van der Waals surface area contributed by atoms with Gasteiger partial charge in [0.1, 0.15) is 11.9 Å². The van der Waals surface area contributed by atoms with Crippen LogP contribution < -0.4 is 4.90 Å². The molecule has 3 saturated heterocycles. The first kappa shape index (κ1) is 21.1. The lowest BCUT2D eigenvalue weighted by molar-refractivity contribution is -0.0311. The van der Waals surface area contributed by atoms with Crippen molar-refractivity contribution in [2.75, 3.05) is 24.5 Å². The second kappa shape index (κ2) is 9.25. The van der Waals surface area contributed by atoms with E-state index in [1.165, 1.54) is 17.0 Å². The summed E-state index contributed by atoms with van der Waals surface area (Å²) in [6.07, 6.45) is 2.69. The number of rotatable bonds is 5. The van der Waals surface area contributed by atoms with Crippen LogP contribution in [0.1, 0.15) is 29.5 Å². The Morgan fingerprint density at radius 2 is 2.00 bits per heavy atom. The molecule has 4 heterocycles. The first-order valence-electron chi connectivity index (χ1n) is 9.66. The van der Waals surface area contributed by atoms with E-state index in [-0.39, 0.29) is 30.4 Å². The minimum absolute atomic E-state index is 0. The Bertz CT molecular complexity index is 807. The van der Waals surface area contributed by atoms with Crippen LogP contribution in [0, 0.1) is 11.7 Å². The van der Waals surface area contributed by atoms with E-state index in [1.807, 2.05) is 6.07 Å². The van der Waals surface area contributed by atoms with E-state index < -0.39 is 0 Å². The molecule has 3 fully saturated rings. The number of ether oxygens (including phenoxy) is 1. The van der Waals surface area contributed by atoms with Gasteiger partial charge >= 0.3 is 6.09 Å². The number of halogens is 2. The SMILES string of the molecule is CCc1ccc(CN(C(=O)O[C@H]2CN3CCC2CC3)c2cccc(F)c2)s1.Cl. The highest BCUT2D eigenvalue weighted by molar-refractivity contribution is 7.12. The number of hydrogen-bond donors (Lipinski definition) is 0. The molecule has 0 aliphatic carbocycles. The lowest BCUT2D eigenvalue weighted by Crippen LogP contribution is -2.53. The molecule has 3 aliphatic rings. The van der Waals surface area contributed by atoms with Gasteiger partial charge in [-0.25, -0.2) is 9.18 Å². The van der Waals surface area contributed by atoms with Crippen molar-refractivity contribution in [2.24, 2.45) is 5.92 Å². The van der Waals surface area contributed by atoms with Crippen molar-refractivity contribution >= 4 is 35.5 Å². The Morgan fingerprint density at radius 1 is 1.25 bits per heavy atom. The molecule has 3 aliphatic heterocycles. The highest BCUT2D eigenvalue weighted by Crippen LogP contribution is 2.31. The fourth-order valence-electron chi connectivity index (χ4n) is 4.00. The van der Waals surface area contributed by atoms with Gasteiger partial charge in [-0.15, -0.1) is 23.7 Å². The fraction of sp³-hybridized carbons (Fsp3) is 0.476. The summed E-state index contributed by atoms with van der Waals surface area (Å²) in [5, 5.41) is 0. The zero-order valence-electron chi connectivity index (χ0n) is 16.0. The van der Waals surface area contributed by atoms with Crippen molar-refractivity contribution in [1.29, 1.82) is 0 Å². The van der Waals surface area contributed by atoms with Gasteiger partial charge in [-0.3, -0.25) is 9.80 Å². The lowest BCUT2D eigenvalue weighted by atomic mass is 9.86. The van der Waals surface area contributed by atoms with Crippen molar-refractivity contribution in [3.05, 3.63) is 52.0 Å². The molecule has 152 valence electrons. The monoisotopic (exact) mass is 424 g/mol. The van der Waals surface area contributed by atoms with E-state index in [0.717, 1.165) is 43.8 Å². The second-order valence-corrected chi connectivity index (χ2v) is 8.60. The number of hydrogen-bond acceptors (Lipinski definition) is 4. The molecular weight excluding hydrogens is 399 g/mol. The third-order valence-electron chi connectivity index (χ3n) is 5.57. The Labute approximate surface area is 175 Å². The highest BCUT2D eigenvalue weighted by Gasteiger charge is 2.37. The van der Waals surface area contributed by atoms with Gasteiger partial charge in [0.25, 0.3) is 0 Å². The Hall–Kier alpha value is -1.63. The quantitative estimate of drug-likeness (QED) is 0.668. The summed E-state index contributed by atoms with van der Waals surface area (Å²) in [6.45, 7) is 5.52. The normalized spacial score (nSPS) is 23.1. The lowest BCUT2D eigenvalue weighted by Gasteiger charge is -2.44. The minimum Gasteiger partial charge on any atom is -0.444 e. The maximum absolute atomic E-state index is 13.8. The number of amides is 1. The van der Waals surface area contributed by atoms with Gasteiger partial charge in [0.2, 0.25) is 0 Å². The summed E-state index contributed by atoms with van der Waals surface area (Å²) < 4.78 is 19.7. The van der Waals surface area contributed by atoms with Crippen molar-refractivity contribution in [1.82, 2.24) is 4.90 Å². The maximum atomic E-state index is 13.8. The molecule has 0 unspecified atom stereocenters. The minimum atomic E-state index is -0.384. The molecule has 0 radical (unpaired) electrons. The number of carbonyl (C=O) groups is 1. The Balaban J connectivity index is 0.00000225. The summed E-state index contributed by atoms with van der Waals surface area (Å²) in [6, 6.07) is 10.3. The van der Waals surface area contributed by atoms with Crippen LogP contribution in [0.25, 0.3) is 0 Å². The number of thiophene rings is 1. The number of piperidine rings is 3. The molecule has 1 atom stereocenters.